The Kier molecular flexibility index (Phi) is 8.32. The number of carbonyl (C=O) groups is 1. The monoisotopic (exact) mass is 479 g/mol. The number of nitrogens with zero attached hydrogens (tertiary/aromatic N) is 4. The van der Waals surface area contributed by atoms with Gasteiger partial charge in [0, 0.05) is 44.1 Å². The fourth-order valence-electron chi connectivity index (χ4n) is 3.36. The highest BCUT2D eigenvalue weighted by Crippen LogP contribution is 2.33. The van der Waals surface area contributed by atoms with Crippen LogP contribution < -0.4 is 21.3 Å². The van der Waals surface area contributed by atoms with Crippen molar-refractivity contribution in [3.63, 3.8) is 0 Å². The summed E-state index contributed by atoms with van der Waals surface area (Å²) in [4.78, 5) is 26.1. The minimum absolute atomic E-state index is 0.250. The Morgan fingerprint density at radius 1 is 1.26 bits per heavy atom. The van der Waals surface area contributed by atoms with Gasteiger partial charge >= 0.3 is 0 Å². The average molecular weight is 480 g/mol. The molecule has 0 fully saturated rings. The second kappa shape index (κ2) is 11.4. The van der Waals surface area contributed by atoms with Crippen molar-refractivity contribution < 1.29 is 13.9 Å². The zero-order valence-electron chi connectivity index (χ0n) is 20.3. The Morgan fingerprint density at radius 3 is 2.57 bits per heavy atom. The summed E-state index contributed by atoms with van der Waals surface area (Å²) in [6.07, 6.45) is 3.60. The van der Waals surface area contributed by atoms with Gasteiger partial charge in [-0.3, -0.25) is 9.69 Å². The molecule has 0 bridgehead atoms. The number of nitrogen functional groups attached to an aromatic ring is 1. The Labute approximate surface area is 204 Å². The molecule has 0 atom stereocenters. The number of anilines is 5. The molecule has 0 saturated carbocycles. The molecule has 2 heterocycles. The number of hydrogen-bond acceptors (Lipinski definition) is 8. The molecule has 0 spiro atoms. The third-order valence-corrected chi connectivity index (χ3v) is 4.92. The molecule has 0 aliphatic heterocycles. The SMILES string of the molecule is C=CN(C(C)=O)c1nc(Nc2cc(COCC(C)C)cc(-c3ncc(F)cn3)c2)cc(NC)c1N. The van der Waals surface area contributed by atoms with E-state index in [0.29, 0.717) is 53.4 Å². The second-order valence-corrected chi connectivity index (χ2v) is 8.29. The lowest BCUT2D eigenvalue weighted by molar-refractivity contribution is -0.116. The molecular weight excluding hydrogens is 449 g/mol. The number of rotatable bonds is 10. The first kappa shape index (κ1) is 25.6. The predicted molar refractivity (Wildman–Crippen MR) is 137 cm³/mol. The molecule has 1 amide bonds. The van der Waals surface area contributed by atoms with Gasteiger partial charge in [-0.05, 0) is 29.7 Å². The van der Waals surface area contributed by atoms with Crippen LogP contribution in [-0.4, -0.2) is 34.5 Å². The molecule has 2 aromatic heterocycles. The zero-order chi connectivity index (χ0) is 25.5. The van der Waals surface area contributed by atoms with E-state index in [1.807, 2.05) is 18.2 Å². The van der Waals surface area contributed by atoms with Crippen LogP contribution in [0.2, 0.25) is 0 Å². The van der Waals surface area contributed by atoms with Gasteiger partial charge in [-0.15, -0.1) is 0 Å². The zero-order valence-corrected chi connectivity index (χ0v) is 20.3. The van der Waals surface area contributed by atoms with E-state index < -0.39 is 5.82 Å². The van der Waals surface area contributed by atoms with Crippen molar-refractivity contribution in [2.75, 3.05) is 34.9 Å². The number of pyridine rings is 1. The number of carbonyl (C=O) groups excluding carboxylic acids is 1. The predicted octanol–water partition coefficient (Wildman–Crippen LogP) is 4.71. The minimum Gasteiger partial charge on any atom is -0.394 e. The molecule has 10 heteroatoms. The fourth-order valence-corrected chi connectivity index (χ4v) is 3.36. The van der Waals surface area contributed by atoms with Crippen LogP contribution in [0.5, 0.6) is 0 Å². The van der Waals surface area contributed by atoms with Crippen LogP contribution in [0.15, 0.2) is 49.4 Å². The fraction of sp³-hybridized carbons (Fsp3) is 0.280. The van der Waals surface area contributed by atoms with E-state index in [0.717, 1.165) is 18.0 Å². The van der Waals surface area contributed by atoms with Gasteiger partial charge in [0.2, 0.25) is 5.91 Å². The number of benzene rings is 1. The minimum atomic E-state index is -0.515. The standard InChI is InChI=1S/C25H30FN7O2/c1-6-33(16(4)34)25-23(27)21(28-5)10-22(32-25)31-20-8-17(14-35-13-15(2)3)7-18(9-20)24-29-11-19(26)12-30-24/h6-12,15H,1,13-14,27H2,2-5H3,(H2,28,31,32). The molecule has 0 aliphatic carbocycles. The second-order valence-electron chi connectivity index (χ2n) is 8.29. The molecule has 3 rings (SSSR count). The van der Waals surface area contributed by atoms with Crippen LogP contribution in [0, 0.1) is 11.7 Å². The molecule has 3 aromatic rings. The van der Waals surface area contributed by atoms with Crippen molar-refractivity contribution in [1.82, 2.24) is 15.0 Å². The highest BCUT2D eigenvalue weighted by Gasteiger charge is 2.18. The van der Waals surface area contributed by atoms with Gasteiger partial charge in [0.05, 0.1) is 30.4 Å². The van der Waals surface area contributed by atoms with E-state index in [9.17, 15) is 9.18 Å². The first-order valence-electron chi connectivity index (χ1n) is 11.1. The van der Waals surface area contributed by atoms with E-state index in [1.54, 1.807) is 13.1 Å². The third-order valence-electron chi connectivity index (χ3n) is 4.92. The average Bonchev–Trinajstić information content (AvgIpc) is 2.81. The van der Waals surface area contributed by atoms with Gasteiger partial charge in [-0.25, -0.2) is 19.3 Å². The van der Waals surface area contributed by atoms with Crippen LogP contribution >= 0.6 is 0 Å². The van der Waals surface area contributed by atoms with Crippen molar-refractivity contribution in [3.8, 4) is 11.4 Å². The number of nitrogens with two attached hydrogens (primary N) is 1. The van der Waals surface area contributed by atoms with E-state index in [1.165, 1.54) is 18.0 Å². The van der Waals surface area contributed by atoms with Gasteiger partial charge < -0.3 is 21.1 Å². The molecular formula is C25H30FN7O2. The summed E-state index contributed by atoms with van der Waals surface area (Å²) in [6.45, 7) is 10.2. The highest BCUT2D eigenvalue weighted by molar-refractivity contribution is 5.98. The molecule has 0 saturated heterocycles. The normalized spacial score (nSPS) is 10.8. The maximum atomic E-state index is 13.4. The summed E-state index contributed by atoms with van der Waals surface area (Å²) in [5.74, 6) is 0.662. The number of hydrogen-bond donors (Lipinski definition) is 3. The van der Waals surface area contributed by atoms with Crippen molar-refractivity contribution in [2.24, 2.45) is 5.92 Å². The molecule has 1 aromatic carbocycles. The molecule has 35 heavy (non-hydrogen) atoms. The molecule has 0 radical (unpaired) electrons. The quantitative estimate of drug-likeness (QED) is 0.382. The van der Waals surface area contributed by atoms with Gasteiger partial charge in [0.25, 0.3) is 0 Å². The molecule has 0 aliphatic rings. The van der Waals surface area contributed by atoms with Gasteiger partial charge in [-0.2, -0.15) is 0 Å². The van der Waals surface area contributed by atoms with Gasteiger partial charge in [0.1, 0.15) is 5.82 Å². The number of amides is 1. The smallest absolute Gasteiger partial charge is 0.229 e. The molecule has 0 unspecified atom stereocenters. The van der Waals surface area contributed by atoms with Crippen LogP contribution in [0.1, 0.15) is 26.3 Å². The van der Waals surface area contributed by atoms with Crippen molar-refractivity contribution in [2.45, 2.75) is 27.4 Å². The van der Waals surface area contributed by atoms with Crippen molar-refractivity contribution >= 4 is 34.6 Å². The van der Waals surface area contributed by atoms with Crippen LogP contribution in [0.25, 0.3) is 11.4 Å². The molecule has 184 valence electrons. The lowest BCUT2D eigenvalue weighted by Gasteiger charge is -2.20. The number of nitrogens with one attached hydrogen (secondary N) is 2. The summed E-state index contributed by atoms with van der Waals surface area (Å²) in [6, 6.07) is 7.37. The summed E-state index contributed by atoms with van der Waals surface area (Å²) < 4.78 is 19.2. The maximum absolute atomic E-state index is 13.4. The Bertz CT molecular complexity index is 1200. The lowest BCUT2D eigenvalue weighted by Crippen LogP contribution is -2.24. The highest BCUT2D eigenvalue weighted by atomic mass is 19.1. The topological polar surface area (TPSA) is 118 Å². The number of ether oxygens (including phenoxy) is 1. The molecule has 9 nitrogen and oxygen atoms in total. The number of aromatic nitrogens is 3. The Hall–Kier alpha value is -4.05. The molecule has 4 N–H and O–H groups in total. The largest absolute Gasteiger partial charge is 0.394 e. The third kappa shape index (κ3) is 6.51. The van der Waals surface area contributed by atoms with Crippen LogP contribution in [-0.2, 0) is 16.1 Å². The van der Waals surface area contributed by atoms with E-state index in [4.69, 9.17) is 10.5 Å². The van der Waals surface area contributed by atoms with Crippen LogP contribution in [0.3, 0.4) is 0 Å². The van der Waals surface area contributed by atoms with Crippen molar-refractivity contribution in [3.05, 3.63) is 60.8 Å². The Morgan fingerprint density at radius 2 is 1.97 bits per heavy atom. The van der Waals surface area contributed by atoms with E-state index >= 15 is 0 Å². The summed E-state index contributed by atoms with van der Waals surface area (Å²) >= 11 is 0. The maximum Gasteiger partial charge on any atom is 0.229 e. The van der Waals surface area contributed by atoms with Crippen LogP contribution in [0.4, 0.5) is 33.1 Å². The first-order valence-corrected chi connectivity index (χ1v) is 11.1. The first-order chi connectivity index (χ1) is 16.7. The van der Waals surface area contributed by atoms with E-state index in [2.05, 4.69) is 46.0 Å². The summed E-state index contributed by atoms with van der Waals surface area (Å²) in [5, 5.41) is 6.28. The van der Waals surface area contributed by atoms with Gasteiger partial charge in [0.15, 0.2) is 17.5 Å². The van der Waals surface area contributed by atoms with Gasteiger partial charge in [-0.1, -0.05) is 20.4 Å². The van der Waals surface area contributed by atoms with E-state index in [-0.39, 0.29) is 11.7 Å². The lowest BCUT2D eigenvalue weighted by atomic mass is 10.1. The Balaban J connectivity index is 2.03. The summed E-state index contributed by atoms with van der Waals surface area (Å²) in [7, 11) is 1.72. The summed E-state index contributed by atoms with van der Waals surface area (Å²) in [5.41, 5.74) is 9.36. The van der Waals surface area contributed by atoms with Crippen molar-refractivity contribution in [1.29, 1.82) is 0 Å². The number of halogens is 1.